The Kier molecular flexibility index (Phi) is 6.40. The molecule has 0 unspecified atom stereocenters. The number of carbonyl (C=O) groups excluding carboxylic acids is 1. The number of rotatable bonds is 7. The van der Waals surface area contributed by atoms with Crippen LogP contribution in [-0.4, -0.2) is 57.3 Å². The van der Waals surface area contributed by atoms with E-state index in [0.29, 0.717) is 24.1 Å². The molecule has 2 amide bonds. The van der Waals surface area contributed by atoms with Crippen LogP contribution < -0.4 is 10.6 Å². The van der Waals surface area contributed by atoms with Gasteiger partial charge in [-0.2, -0.15) is 4.68 Å². The normalized spacial score (nSPS) is 12.2. The Morgan fingerprint density at radius 3 is 2.84 bits per heavy atom. The molecule has 25 heavy (non-hydrogen) atoms. The molecule has 1 heterocycles. The van der Waals surface area contributed by atoms with Gasteiger partial charge in [0.1, 0.15) is 11.5 Å². The molecular weight excluding hydrogens is 325 g/mol. The van der Waals surface area contributed by atoms with E-state index in [1.54, 1.807) is 6.92 Å². The van der Waals surface area contributed by atoms with Crippen molar-refractivity contribution in [1.82, 2.24) is 30.4 Å². The maximum Gasteiger partial charge on any atom is 0.319 e. The number of amides is 2. The fraction of sp³-hybridized carbons (Fsp3) is 0.500. The van der Waals surface area contributed by atoms with Gasteiger partial charge in [-0.25, -0.2) is 9.18 Å². The number of likely N-dealkylation sites (N-methyl/N-ethyl adjacent to an activating group) is 1. The summed E-state index contributed by atoms with van der Waals surface area (Å²) in [6.45, 7) is 7.20. The average molecular weight is 349 g/mol. The van der Waals surface area contributed by atoms with Crippen LogP contribution in [0.3, 0.4) is 0 Å². The number of aryl methyl sites for hydroxylation is 1. The molecule has 1 aromatic carbocycles. The van der Waals surface area contributed by atoms with E-state index in [2.05, 4.69) is 44.9 Å². The number of nitrogens with one attached hydrogen (secondary N) is 2. The van der Waals surface area contributed by atoms with Crippen LogP contribution in [0, 0.1) is 12.7 Å². The number of urea groups is 1. The zero-order chi connectivity index (χ0) is 18.4. The quantitative estimate of drug-likeness (QED) is 0.798. The second-order valence-corrected chi connectivity index (χ2v) is 5.92. The van der Waals surface area contributed by atoms with Crippen molar-refractivity contribution in [3.05, 3.63) is 29.8 Å². The molecule has 0 bridgehead atoms. The third kappa shape index (κ3) is 4.96. The van der Waals surface area contributed by atoms with Gasteiger partial charge in [0, 0.05) is 24.8 Å². The molecule has 0 saturated carbocycles. The van der Waals surface area contributed by atoms with Crippen LogP contribution >= 0.6 is 0 Å². The van der Waals surface area contributed by atoms with Gasteiger partial charge in [-0.05, 0) is 55.9 Å². The SMILES string of the molecule is CC[C@H](C)N(C)CCNC(=O)Nc1ccc(F)c(-n2nnnc2C)c1. The van der Waals surface area contributed by atoms with Gasteiger partial charge in [0.15, 0.2) is 5.82 Å². The van der Waals surface area contributed by atoms with E-state index in [0.717, 1.165) is 13.0 Å². The van der Waals surface area contributed by atoms with Gasteiger partial charge in [0.2, 0.25) is 0 Å². The van der Waals surface area contributed by atoms with Gasteiger partial charge in [-0.1, -0.05) is 6.92 Å². The number of tetrazole rings is 1. The lowest BCUT2D eigenvalue weighted by molar-refractivity contribution is 0.238. The molecule has 9 heteroatoms. The predicted molar refractivity (Wildman–Crippen MR) is 93.3 cm³/mol. The standard InChI is InChI=1S/C16H24FN7O/c1-5-11(2)23(4)9-8-18-16(25)19-13-6-7-14(17)15(10-13)24-12(3)20-21-22-24/h6-7,10-11H,5,8-9H2,1-4H3,(H2,18,19,25)/t11-/m0/s1. The third-order valence-electron chi connectivity index (χ3n) is 4.15. The van der Waals surface area contributed by atoms with Crippen molar-refractivity contribution in [2.75, 3.05) is 25.5 Å². The second-order valence-electron chi connectivity index (χ2n) is 5.92. The highest BCUT2D eigenvalue weighted by molar-refractivity contribution is 5.89. The van der Waals surface area contributed by atoms with Crippen molar-refractivity contribution < 1.29 is 9.18 Å². The molecule has 0 fully saturated rings. The molecule has 2 rings (SSSR count). The van der Waals surface area contributed by atoms with Crippen LogP contribution in [0.4, 0.5) is 14.9 Å². The number of nitrogens with zero attached hydrogens (tertiary/aromatic N) is 5. The van der Waals surface area contributed by atoms with E-state index < -0.39 is 5.82 Å². The third-order valence-corrected chi connectivity index (χ3v) is 4.15. The number of aromatic nitrogens is 4. The van der Waals surface area contributed by atoms with E-state index in [4.69, 9.17) is 0 Å². The lowest BCUT2D eigenvalue weighted by Gasteiger charge is -2.23. The number of carbonyl (C=O) groups is 1. The van der Waals surface area contributed by atoms with Crippen molar-refractivity contribution in [2.24, 2.45) is 0 Å². The molecule has 0 aliphatic rings. The minimum absolute atomic E-state index is 0.178. The van der Waals surface area contributed by atoms with Gasteiger partial charge in [0.25, 0.3) is 0 Å². The van der Waals surface area contributed by atoms with Crippen molar-refractivity contribution in [2.45, 2.75) is 33.2 Å². The van der Waals surface area contributed by atoms with Crippen LogP contribution in [-0.2, 0) is 0 Å². The van der Waals surface area contributed by atoms with E-state index >= 15 is 0 Å². The highest BCUT2D eigenvalue weighted by Crippen LogP contribution is 2.18. The Morgan fingerprint density at radius 2 is 2.20 bits per heavy atom. The Labute approximate surface area is 146 Å². The molecule has 0 saturated heterocycles. The van der Waals surface area contributed by atoms with Gasteiger partial charge >= 0.3 is 6.03 Å². The molecule has 0 radical (unpaired) electrons. The van der Waals surface area contributed by atoms with E-state index in [-0.39, 0.29) is 11.7 Å². The molecule has 2 N–H and O–H groups in total. The monoisotopic (exact) mass is 349 g/mol. The molecule has 0 aliphatic heterocycles. The van der Waals surface area contributed by atoms with Crippen molar-refractivity contribution in [1.29, 1.82) is 0 Å². The van der Waals surface area contributed by atoms with Gasteiger partial charge in [0.05, 0.1) is 0 Å². The minimum Gasteiger partial charge on any atom is -0.337 e. The number of halogens is 1. The Hall–Kier alpha value is -2.55. The number of hydrogen-bond acceptors (Lipinski definition) is 5. The Bertz CT molecular complexity index is 718. The summed E-state index contributed by atoms with van der Waals surface area (Å²) in [5.41, 5.74) is 0.635. The first-order valence-electron chi connectivity index (χ1n) is 8.22. The summed E-state index contributed by atoms with van der Waals surface area (Å²) in [6.07, 6.45) is 1.05. The largest absolute Gasteiger partial charge is 0.337 e. The Morgan fingerprint density at radius 1 is 1.44 bits per heavy atom. The van der Waals surface area contributed by atoms with E-state index in [1.807, 2.05) is 7.05 Å². The lowest BCUT2D eigenvalue weighted by atomic mass is 10.2. The molecule has 1 aromatic heterocycles. The van der Waals surface area contributed by atoms with E-state index in [9.17, 15) is 9.18 Å². The highest BCUT2D eigenvalue weighted by atomic mass is 19.1. The van der Waals surface area contributed by atoms with Crippen LogP contribution in [0.2, 0.25) is 0 Å². The predicted octanol–water partition coefficient (Wildman–Crippen LogP) is 1.96. The minimum atomic E-state index is -0.475. The smallest absolute Gasteiger partial charge is 0.319 e. The summed E-state index contributed by atoms with van der Waals surface area (Å²) in [6, 6.07) is 4.36. The Balaban J connectivity index is 1.94. The molecular formula is C16H24FN7O. The molecule has 1 atom stereocenters. The summed E-state index contributed by atoms with van der Waals surface area (Å²) < 4.78 is 15.3. The number of benzene rings is 1. The number of anilines is 1. The fourth-order valence-electron chi connectivity index (χ4n) is 2.26. The summed E-state index contributed by atoms with van der Waals surface area (Å²) in [5, 5.41) is 16.5. The molecule has 0 aliphatic carbocycles. The van der Waals surface area contributed by atoms with Crippen molar-refractivity contribution in [3.63, 3.8) is 0 Å². The van der Waals surface area contributed by atoms with Crippen LogP contribution in [0.1, 0.15) is 26.1 Å². The van der Waals surface area contributed by atoms with Gasteiger partial charge < -0.3 is 15.5 Å². The zero-order valence-corrected chi connectivity index (χ0v) is 15.0. The summed E-state index contributed by atoms with van der Waals surface area (Å²) in [4.78, 5) is 14.2. The van der Waals surface area contributed by atoms with Crippen LogP contribution in [0.25, 0.3) is 5.69 Å². The highest BCUT2D eigenvalue weighted by Gasteiger charge is 2.12. The van der Waals surface area contributed by atoms with E-state index in [1.165, 1.54) is 22.9 Å². The molecule has 0 spiro atoms. The van der Waals surface area contributed by atoms with Crippen LogP contribution in [0.5, 0.6) is 0 Å². The fourth-order valence-corrected chi connectivity index (χ4v) is 2.26. The van der Waals surface area contributed by atoms with Gasteiger partial charge in [-0.3, -0.25) is 0 Å². The summed E-state index contributed by atoms with van der Waals surface area (Å²) >= 11 is 0. The van der Waals surface area contributed by atoms with Gasteiger partial charge in [-0.15, -0.1) is 5.10 Å². The maximum absolute atomic E-state index is 14.0. The average Bonchev–Trinajstić information content (AvgIpc) is 3.01. The first-order chi connectivity index (χ1) is 11.9. The maximum atomic E-state index is 14.0. The first-order valence-corrected chi connectivity index (χ1v) is 8.22. The lowest BCUT2D eigenvalue weighted by Crippen LogP contribution is -2.38. The summed E-state index contributed by atoms with van der Waals surface area (Å²) in [7, 11) is 2.02. The zero-order valence-electron chi connectivity index (χ0n) is 15.0. The van der Waals surface area contributed by atoms with Crippen molar-refractivity contribution in [3.8, 4) is 5.69 Å². The molecule has 8 nitrogen and oxygen atoms in total. The first kappa shape index (κ1) is 18.8. The molecule has 136 valence electrons. The summed E-state index contributed by atoms with van der Waals surface area (Å²) in [5.74, 6) is -0.0230. The van der Waals surface area contributed by atoms with Crippen LogP contribution in [0.15, 0.2) is 18.2 Å². The second kappa shape index (κ2) is 8.52. The number of hydrogen-bond donors (Lipinski definition) is 2. The van der Waals surface area contributed by atoms with Crippen molar-refractivity contribution >= 4 is 11.7 Å². The topological polar surface area (TPSA) is 88.0 Å². The molecule has 2 aromatic rings.